The van der Waals surface area contributed by atoms with Gasteiger partial charge in [-0.05, 0) is 45.7 Å². The van der Waals surface area contributed by atoms with Crippen molar-refractivity contribution in [1.82, 2.24) is 20.4 Å². The number of hydrogen-bond acceptors (Lipinski definition) is 4. The summed E-state index contributed by atoms with van der Waals surface area (Å²) in [7, 11) is 0. The second-order valence-electron chi connectivity index (χ2n) is 6.05. The fourth-order valence-electron chi connectivity index (χ4n) is 3.00. The summed E-state index contributed by atoms with van der Waals surface area (Å²) in [6.07, 6.45) is 4.42. The number of nitrogens with zero attached hydrogens (tertiary/aromatic N) is 2. The van der Waals surface area contributed by atoms with Gasteiger partial charge < -0.3 is 15.5 Å². The Kier molecular flexibility index (Phi) is 8.75. The van der Waals surface area contributed by atoms with Gasteiger partial charge in [-0.2, -0.15) is 0 Å². The lowest BCUT2D eigenvalue weighted by Gasteiger charge is -2.29. The molecular formula is C15H29ClN4O2. The molecule has 0 spiro atoms. The highest BCUT2D eigenvalue weighted by Crippen LogP contribution is 2.09. The first-order chi connectivity index (χ1) is 10.2. The SMILES string of the molecule is CC(NC(=O)CN1CCCNCC1)C(=O)N1CCCCC1.Cl. The Balaban J connectivity index is 0.00000242. The molecule has 2 rings (SSSR count). The number of carbonyl (C=O) groups excluding carboxylic acids is 2. The van der Waals surface area contributed by atoms with E-state index in [-0.39, 0.29) is 24.2 Å². The van der Waals surface area contributed by atoms with E-state index in [1.54, 1.807) is 6.92 Å². The largest absolute Gasteiger partial charge is 0.343 e. The maximum absolute atomic E-state index is 12.3. The molecule has 6 nitrogen and oxygen atoms in total. The quantitative estimate of drug-likeness (QED) is 0.773. The molecule has 0 saturated carbocycles. The zero-order valence-corrected chi connectivity index (χ0v) is 14.3. The molecule has 2 N–H and O–H groups in total. The summed E-state index contributed by atoms with van der Waals surface area (Å²) < 4.78 is 0. The number of nitrogens with one attached hydrogen (secondary N) is 2. The third-order valence-corrected chi connectivity index (χ3v) is 4.22. The van der Waals surface area contributed by atoms with Gasteiger partial charge in [-0.3, -0.25) is 14.5 Å². The lowest BCUT2D eigenvalue weighted by atomic mass is 10.1. The Hall–Kier alpha value is -0.850. The topological polar surface area (TPSA) is 64.7 Å². The van der Waals surface area contributed by atoms with Crippen molar-refractivity contribution in [3.05, 3.63) is 0 Å². The van der Waals surface area contributed by atoms with E-state index >= 15 is 0 Å². The molecule has 2 aliphatic heterocycles. The average Bonchev–Trinajstić information content (AvgIpc) is 2.75. The first-order valence-corrected chi connectivity index (χ1v) is 8.18. The number of amides is 2. The smallest absolute Gasteiger partial charge is 0.244 e. The van der Waals surface area contributed by atoms with Gasteiger partial charge in [0.05, 0.1) is 6.54 Å². The van der Waals surface area contributed by atoms with E-state index in [9.17, 15) is 9.59 Å². The van der Waals surface area contributed by atoms with Crippen LogP contribution in [0.25, 0.3) is 0 Å². The molecule has 2 saturated heterocycles. The second kappa shape index (κ2) is 10.0. The third kappa shape index (κ3) is 6.10. The molecule has 2 heterocycles. The van der Waals surface area contributed by atoms with E-state index in [0.29, 0.717) is 6.54 Å². The number of rotatable bonds is 4. The van der Waals surface area contributed by atoms with Crippen LogP contribution in [0.1, 0.15) is 32.6 Å². The Morgan fingerprint density at radius 1 is 1.05 bits per heavy atom. The van der Waals surface area contributed by atoms with Crippen LogP contribution in [0.2, 0.25) is 0 Å². The minimum absolute atomic E-state index is 0. The Bertz CT molecular complexity index is 353. The molecule has 2 amide bonds. The first-order valence-electron chi connectivity index (χ1n) is 8.18. The molecule has 0 aromatic rings. The van der Waals surface area contributed by atoms with Gasteiger partial charge in [0, 0.05) is 26.2 Å². The van der Waals surface area contributed by atoms with Gasteiger partial charge in [0.25, 0.3) is 0 Å². The van der Waals surface area contributed by atoms with Crippen LogP contribution in [0.15, 0.2) is 0 Å². The molecule has 2 aliphatic rings. The normalized spacial score (nSPS) is 21.4. The van der Waals surface area contributed by atoms with Gasteiger partial charge in [-0.1, -0.05) is 0 Å². The number of carbonyl (C=O) groups is 2. The number of piperidine rings is 1. The molecule has 1 unspecified atom stereocenters. The highest BCUT2D eigenvalue weighted by atomic mass is 35.5. The standard InChI is InChI=1S/C15H28N4O2.ClH/c1-13(15(21)19-9-3-2-4-10-19)17-14(20)12-18-8-5-6-16-7-11-18;/h13,16H,2-12H2,1H3,(H,17,20);1H. The molecule has 22 heavy (non-hydrogen) atoms. The van der Waals surface area contributed by atoms with Crippen LogP contribution in [-0.4, -0.2) is 73.5 Å². The number of likely N-dealkylation sites (tertiary alicyclic amines) is 1. The summed E-state index contributed by atoms with van der Waals surface area (Å²) >= 11 is 0. The van der Waals surface area contributed by atoms with Crippen molar-refractivity contribution in [1.29, 1.82) is 0 Å². The zero-order valence-electron chi connectivity index (χ0n) is 13.5. The predicted octanol–water partition coefficient (Wildman–Crippen LogP) is 0.221. The van der Waals surface area contributed by atoms with Crippen LogP contribution in [0.4, 0.5) is 0 Å². The minimum atomic E-state index is -0.416. The molecule has 0 aromatic carbocycles. The lowest BCUT2D eigenvalue weighted by molar-refractivity contribution is -0.137. The van der Waals surface area contributed by atoms with Crippen molar-refractivity contribution in [2.45, 2.75) is 38.6 Å². The van der Waals surface area contributed by atoms with Crippen LogP contribution in [0, 0.1) is 0 Å². The molecule has 1 atom stereocenters. The van der Waals surface area contributed by atoms with Crippen molar-refractivity contribution < 1.29 is 9.59 Å². The minimum Gasteiger partial charge on any atom is -0.343 e. The molecule has 0 aliphatic carbocycles. The number of halogens is 1. The van der Waals surface area contributed by atoms with E-state index in [1.807, 2.05) is 4.90 Å². The highest BCUT2D eigenvalue weighted by molar-refractivity contribution is 5.88. The van der Waals surface area contributed by atoms with E-state index in [4.69, 9.17) is 0 Å². The molecule has 0 bridgehead atoms. The van der Waals surface area contributed by atoms with E-state index < -0.39 is 6.04 Å². The van der Waals surface area contributed by atoms with Crippen molar-refractivity contribution in [2.75, 3.05) is 45.8 Å². The molecule has 0 radical (unpaired) electrons. The highest BCUT2D eigenvalue weighted by Gasteiger charge is 2.24. The van der Waals surface area contributed by atoms with Crippen molar-refractivity contribution >= 4 is 24.2 Å². The lowest BCUT2D eigenvalue weighted by Crippen LogP contribution is -2.50. The van der Waals surface area contributed by atoms with Gasteiger partial charge in [0.15, 0.2) is 0 Å². The Morgan fingerprint density at radius 3 is 2.50 bits per heavy atom. The summed E-state index contributed by atoms with van der Waals surface area (Å²) in [6, 6.07) is -0.416. The maximum Gasteiger partial charge on any atom is 0.244 e. The van der Waals surface area contributed by atoms with Gasteiger partial charge in [-0.25, -0.2) is 0 Å². The monoisotopic (exact) mass is 332 g/mol. The van der Waals surface area contributed by atoms with Gasteiger partial charge in [0.2, 0.25) is 11.8 Å². The summed E-state index contributed by atoms with van der Waals surface area (Å²) in [5.74, 6) is 0.00958. The summed E-state index contributed by atoms with van der Waals surface area (Å²) in [5, 5.41) is 6.17. The van der Waals surface area contributed by atoms with Crippen LogP contribution >= 0.6 is 12.4 Å². The molecule has 0 aromatic heterocycles. The van der Waals surface area contributed by atoms with E-state index in [0.717, 1.165) is 58.5 Å². The van der Waals surface area contributed by atoms with Crippen LogP contribution in [0.5, 0.6) is 0 Å². The predicted molar refractivity (Wildman–Crippen MR) is 89.2 cm³/mol. The maximum atomic E-state index is 12.3. The fraction of sp³-hybridized carbons (Fsp3) is 0.867. The van der Waals surface area contributed by atoms with Crippen LogP contribution in [-0.2, 0) is 9.59 Å². The van der Waals surface area contributed by atoms with Crippen molar-refractivity contribution in [2.24, 2.45) is 0 Å². The van der Waals surface area contributed by atoms with Crippen molar-refractivity contribution in [3.8, 4) is 0 Å². The molecule has 2 fully saturated rings. The summed E-state index contributed by atoms with van der Waals surface area (Å²) in [6.45, 7) is 7.61. The van der Waals surface area contributed by atoms with E-state index in [2.05, 4.69) is 15.5 Å². The average molecular weight is 333 g/mol. The fourth-order valence-corrected chi connectivity index (χ4v) is 3.00. The second-order valence-corrected chi connectivity index (χ2v) is 6.05. The summed E-state index contributed by atoms with van der Waals surface area (Å²) in [4.78, 5) is 28.4. The molecule has 7 heteroatoms. The Morgan fingerprint density at radius 2 is 1.77 bits per heavy atom. The third-order valence-electron chi connectivity index (χ3n) is 4.22. The molecular weight excluding hydrogens is 304 g/mol. The number of hydrogen-bond donors (Lipinski definition) is 2. The zero-order chi connectivity index (χ0) is 15.1. The van der Waals surface area contributed by atoms with Gasteiger partial charge >= 0.3 is 0 Å². The van der Waals surface area contributed by atoms with Crippen molar-refractivity contribution in [3.63, 3.8) is 0 Å². The summed E-state index contributed by atoms with van der Waals surface area (Å²) in [5.41, 5.74) is 0. The van der Waals surface area contributed by atoms with Gasteiger partial charge in [-0.15, -0.1) is 12.4 Å². The van der Waals surface area contributed by atoms with E-state index in [1.165, 1.54) is 6.42 Å². The van der Waals surface area contributed by atoms with Crippen LogP contribution < -0.4 is 10.6 Å². The first kappa shape index (κ1) is 19.2. The Labute approximate surface area is 139 Å². The van der Waals surface area contributed by atoms with Crippen LogP contribution in [0.3, 0.4) is 0 Å². The molecule has 128 valence electrons. The van der Waals surface area contributed by atoms with Gasteiger partial charge in [0.1, 0.15) is 6.04 Å².